The fraction of sp³-hybridized carbons (Fsp3) is 0.250. The van der Waals surface area contributed by atoms with Gasteiger partial charge in [0.2, 0.25) is 10.0 Å². The SMILES string of the molecule is CSc1ccc(CN(C)S(=O)(=O)c2ccc(C(F)(F)F)cc2)cc1. The minimum absolute atomic E-state index is 0.137. The molecule has 0 amide bonds. The van der Waals surface area contributed by atoms with Crippen LogP contribution in [0.4, 0.5) is 13.2 Å². The Hall–Kier alpha value is -1.51. The molecule has 0 radical (unpaired) electrons. The fourth-order valence-electron chi connectivity index (χ4n) is 2.07. The number of benzene rings is 2. The molecule has 0 heterocycles. The number of alkyl halides is 3. The number of rotatable bonds is 5. The molecule has 0 aliphatic heterocycles. The number of nitrogens with zero attached hydrogens (tertiary/aromatic N) is 1. The van der Waals surface area contributed by atoms with Crippen molar-refractivity contribution in [2.75, 3.05) is 13.3 Å². The first kappa shape index (κ1) is 18.8. The molecule has 0 bridgehead atoms. The zero-order valence-electron chi connectivity index (χ0n) is 13.0. The highest BCUT2D eigenvalue weighted by molar-refractivity contribution is 7.98. The molecule has 0 N–H and O–H groups in total. The second-order valence-electron chi connectivity index (χ2n) is 5.13. The van der Waals surface area contributed by atoms with Gasteiger partial charge in [0, 0.05) is 18.5 Å². The van der Waals surface area contributed by atoms with Gasteiger partial charge in [-0.15, -0.1) is 11.8 Å². The molecule has 0 atom stereocenters. The van der Waals surface area contributed by atoms with E-state index in [-0.39, 0.29) is 11.4 Å². The van der Waals surface area contributed by atoms with Crippen LogP contribution < -0.4 is 0 Å². The van der Waals surface area contributed by atoms with Crippen molar-refractivity contribution in [1.29, 1.82) is 0 Å². The first-order chi connectivity index (χ1) is 11.1. The summed E-state index contributed by atoms with van der Waals surface area (Å²) in [5.74, 6) is 0. The Kier molecular flexibility index (Phi) is 5.62. The van der Waals surface area contributed by atoms with Crippen LogP contribution in [0.2, 0.25) is 0 Å². The molecule has 2 aromatic rings. The summed E-state index contributed by atoms with van der Waals surface area (Å²) in [5, 5.41) is 0. The number of halogens is 3. The van der Waals surface area contributed by atoms with Crippen LogP contribution in [-0.2, 0) is 22.7 Å². The Morgan fingerprint density at radius 3 is 2.00 bits per heavy atom. The first-order valence-corrected chi connectivity index (χ1v) is 9.57. The molecule has 2 rings (SSSR count). The molecular weight excluding hydrogens is 359 g/mol. The largest absolute Gasteiger partial charge is 0.416 e. The summed E-state index contributed by atoms with van der Waals surface area (Å²) in [6.07, 6.45) is -2.55. The molecule has 0 aliphatic rings. The summed E-state index contributed by atoms with van der Waals surface area (Å²) in [6, 6.07) is 10.9. The third-order valence-corrected chi connectivity index (χ3v) is 6.02. The van der Waals surface area contributed by atoms with Gasteiger partial charge in [0.15, 0.2) is 0 Å². The van der Waals surface area contributed by atoms with Gasteiger partial charge in [-0.25, -0.2) is 8.42 Å². The van der Waals surface area contributed by atoms with Gasteiger partial charge in [-0.3, -0.25) is 0 Å². The summed E-state index contributed by atoms with van der Waals surface area (Å²) in [6.45, 7) is 0.137. The molecule has 8 heteroatoms. The van der Waals surface area contributed by atoms with E-state index < -0.39 is 21.8 Å². The van der Waals surface area contributed by atoms with Gasteiger partial charge in [-0.05, 0) is 48.2 Å². The van der Waals surface area contributed by atoms with Crippen molar-refractivity contribution in [3.8, 4) is 0 Å². The fourth-order valence-corrected chi connectivity index (χ4v) is 3.64. The predicted octanol–water partition coefficient (Wildman–Crippen LogP) is 4.25. The summed E-state index contributed by atoms with van der Waals surface area (Å²) in [4.78, 5) is 0.894. The van der Waals surface area contributed by atoms with Crippen LogP contribution in [0.25, 0.3) is 0 Å². The van der Waals surface area contributed by atoms with Gasteiger partial charge in [-0.2, -0.15) is 17.5 Å². The molecule has 0 saturated heterocycles. The lowest BCUT2D eigenvalue weighted by Gasteiger charge is -2.18. The lowest BCUT2D eigenvalue weighted by atomic mass is 10.2. The molecule has 130 valence electrons. The molecule has 2 aromatic carbocycles. The molecule has 0 aromatic heterocycles. The predicted molar refractivity (Wildman–Crippen MR) is 88.3 cm³/mol. The van der Waals surface area contributed by atoms with E-state index in [2.05, 4.69) is 0 Å². The maximum Gasteiger partial charge on any atom is 0.416 e. The lowest BCUT2D eigenvalue weighted by Crippen LogP contribution is -2.26. The van der Waals surface area contributed by atoms with E-state index in [0.29, 0.717) is 0 Å². The highest BCUT2D eigenvalue weighted by atomic mass is 32.2. The van der Waals surface area contributed by atoms with Crippen LogP contribution in [0.5, 0.6) is 0 Å². The van der Waals surface area contributed by atoms with Crippen molar-refractivity contribution in [3.05, 3.63) is 59.7 Å². The highest BCUT2D eigenvalue weighted by Crippen LogP contribution is 2.30. The van der Waals surface area contributed by atoms with Crippen molar-refractivity contribution in [2.45, 2.75) is 22.5 Å². The van der Waals surface area contributed by atoms with Crippen LogP contribution >= 0.6 is 11.8 Å². The van der Waals surface area contributed by atoms with Crippen LogP contribution in [-0.4, -0.2) is 26.0 Å². The molecule has 0 fully saturated rings. The second kappa shape index (κ2) is 7.16. The molecule has 3 nitrogen and oxygen atoms in total. The van der Waals surface area contributed by atoms with Crippen LogP contribution in [0.15, 0.2) is 58.3 Å². The van der Waals surface area contributed by atoms with Gasteiger partial charge in [0.1, 0.15) is 0 Å². The zero-order valence-corrected chi connectivity index (χ0v) is 14.7. The van der Waals surface area contributed by atoms with Gasteiger partial charge < -0.3 is 0 Å². The van der Waals surface area contributed by atoms with Crippen molar-refractivity contribution in [1.82, 2.24) is 4.31 Å². The Bertz CT molecular complexity index is 786. The molecule has 0 spiro atoms. The van der Waals surface area contributed by atoms with Gasteiger partial charge in [0.05, 0.1) is 10.5 Å². The molecule has 0 saturated carbocycles. The third-order valence-electron chi connectivity index (χ3n) is 3.45. The average molecular weight is 375 g/mol. The van der Waals surface area contributed by atoms with E-state index in [1.54, 1.807) is 11.8 Å². The summed E-state index contributed by atoms with van der Waals surface area (Å²) >= 11 is 1.58. The Morgan fingerprint density at radius 2 is 1.54 bits per heavy atom. The van der Waals surface area contributed by atoms with Crippen molar-refractivity contribution < 1.29 is 21.6 Å². The van der Waals surface area contributed by atoms with Gasteiger partial charge in [-0.1, -0.05) is 12.1 Å². The minimum Gasteiger partial charge on any atom is -0.207 e. The van der Waals surface area contributed by atoms with E-state index in [4.69, 9.17) is 0 Å². The standard InChI is InChI=1S/C16H16F3NO2S2/c1-20(11-12-3-7-14(23-2)8-4-12)24(21,22)15-9-5-13(6-10-15)16(17,18)19/h3-10H,11H2,1-2H3. The first-order valence-electron chi connectivity index (χ1n) is 6.91. The molecule has 0 aliphatic carbocycles. The average Bonchev–Trinajstić information content (AvgIpc) is 2.54. The van der Waals surface area contributed by atoms with Crippen LogP contribution in [0, 0.1) is 0 Å². The Balaban J connectivity index is 2.19. The van der Waals surface area contributed by atoms with Crippen molar-refractivity contribution >= 4 is 21.8 Å². The van der Waals surface area contributed by atoms with Gasteiger partial charge in [0.25, 0.3) is 0 Å². The molecule has 24 heavy (non-hydrogen) atoms. The Labute approximate surface area is 143 Å². The lowest BCUT2D eigenvalue weighted by molar-refractivity contribution is -0.137. The van der Waals surface area contributed by atoms with Crippen molar-refractivity contribution in [3.63, 3.8) is 0 Å². The second-order valence-corrected chi connectivity index (χ2v) is 8.06. The van der Waals surface area contributed by atoms with Gasteiger partial charge >= 0.3 is 6.18 Å². The number of thioether (sulfide) groups is 1. The minimum atomic E-state index is -4.49. The Morgan fingerprint density at radius 1 is 1.00 bits per heavy atom. The summed E-state index contributed by atoms with van der Waals surface area (Å²) in [5.41, 5.74) is -0.0810. The number of hydrogen-bond donors (Lipinski definition) is 0. The van der Waals surface area contributed by atoms with Crippen molar-refractivity contribution in [2.24, 2.45) is 0 Å². The smallest absolute Gasteiger partial charge is 0.207 e. The van der Waals surface area contributed by atoms with E-state index in [1.165, 1.54) is 7.05 Å². The normalized spacial score (nSPS) is 12.6. The maximum absolute atomic E-state index is 12.6. The quantitative estimate of drug-likeness (QED) is 0.734. The topological polar surface area (TPSA) is 37.4 Å². The summed E-state index contributed by atoms with van der Waals surface area (Å²) in [7, 11) is -2.46. The third kappa shape index (κ3) is 4.31. The highest BCUT2D eigenvalue weighted by Gasteiger charge is 2.31. The van der Waals surface area contributed by atoms with E-state index in [1.807, 2.05) is 30.5 Å². The molecule has 0 unspecified atom stereocenters. The zero-order chi connectivity index (χ0) is 18.0. The van der Waals surface area contributed by atoms with E-state index >= 15 is 0 Å². The van der Waals surface area contributed by atoms with E-state index in [0.717, 1.165) is 39.0 Å². The van der Waals surface area contributed by atoms with E-state index in [9.17, 15) is 21.6 Å². The van der Waals surface area contributed by atoms with Crippen LogP contribution in [0.1, 0.15) is 11.1 Å². The monoisotopic (exact) mass is 375 g/mol. The number of hydrogen-bond acceptors (Lipinski definition) is 3. The summed E-state index contributed by atoms with van der Waals surface area (Å²) < 4.78 is 63.7. The maximum atomic E-state index is 12.6. The number of sulfonamides is 1. The molecular formula is C16H16F3NO2S2. The van der Waals surface area contributed by atoms with Crippen LogP contribution in [0.3, 0.4) is 0 Å².